The molecular weight excluding hydrogens is 216 g/mol. The van der Waals surface area contributed by atoms with Crippen LogP contribution in [0.15, 0.2) is 49.0 Å². The fourth-order valence-electron chi connectivity index (χ4n) is 1.50. The van der Waals surface area contributed by atoms with Gasteiger partial charge in [0.05, 0.1) is 16.3 Å². The molecule has 2 rings (SSSR count). The Morgan fingerprint density at radius 2 is 2.00 bits per heavy atom. The highest BCUT2D eigenvalue weighted by molar-refractivity contribution is 5.63. The van der Waals surface area contributed by atoms with Gasteiger partial charge in [-0.25, -0.2) is 4.98 Å². The van der Waals surface area contributed by atoms with Gasteiger partial charge in [0, 0.05) is 17.7 Å². The van der Waals surface area contributed by atoms with Crippen LogP contribution >= 0.6 is 0 Å². The van der Waals surface area contributed by atoms with Crippen molar-refractivity contribution in [1.29, 1.82) is 0 Å². The van der Waals surface area contributed by atoms with Crippen molar-refractivity contribution in [2.24, 2.45) is 0 Å². The van der Waals surface area contributed by atoms with Crippen molar-refractivity contribution in [2.75, 3.05) is 0 Å². The largest absolute Gasteiger partial charge is 0.270 e. The normalized spacial score (nSPS) is 9.88. The standard InChI is InChI=1S/C13H10N2O2/c1-2-11-6-4-8-13(14-11)10-5-3-7-12(9-10)15(16)17/h2-9H,1H2. The molecule has 1 aromatic heterocycles. The number of pyridine rings is 1. The molecule has 4 heteroatoms. The summed E-state index contributed by atoms with van der Waals surface area (Å²) >= 11 is 0. The van der Waals surface area contributed by atoms with Gasteiger partial charge in [-0.15, -0.1) is 0 Å². The van der Waals surface area contributed by atoms with Crippen molar-refractivity contribution in [2.45, 2.75) is 0 Å². The van der Waals surface area contributed by atoms with E-state index >= 15 is 0 Å². The zero-order valence-corrected chi connectivity index (χ0v) is 9.04. The van der Waals surface area contributed by atoms with E-state index in [4.69, 9.17) is 0 Å². The molecule has 1 heterocycles. The second-order valence-electron chi connectivity index (χ2n) is 3.46. The van der Waals surface area contributed by atoms with E-state index in [1.807, 2.05) is 18.2 Å². The smallest absolute Gasteiger partial charge is 0.258 e. The van der Waals surface area contributed by atoms with Crippen LogP contribution in [0, 0.1) is 10.1 Å². The summed E-state index contributed by atoms with van der Waals surface area (Å²) in [6, 6.07) is 11.9. The summed E-state index contributed by atoms with van der Waals surface area (Å²) in [5, 5.41) is 10.7. The highest BCUT2D eigenvalue weighted by Gasteiger charge is 2.07. The molecule has 0 fully saturated rings. The number of nitrogens with zero attached hydrogens (tertiary/aromatic N) is 2. The third-order valence-electron chi connectivity index (χ3n) is 2.33. The second-order valence-corrected chi connectivity index (χ2v) is 3.46. The molecule has 0 aliphatic carbocycles. The van der Waals surface area contributed by atoms with Crippen molar-refractivity contribution in [3.8, 4) is 11.3 Å². The molecule has 0 spiro atoms. The van der Waals surface area contributed by atoms with E-state index in [1.165, 1.54) is 12.1 Å². The molecule has 0 bridgehead atoms. The lowest BCUT2D eigenvalue weighted by atomic mass is 10.1. The number of nitro benzene ring substituents is 1. The van der Waals surface area contributed by atoms with Crippen LogP contribution in [0.4, 0.5) is 5.69 Å². The van der Waals surface area contributed by atoms with Gasteiger partial charge in [0.25, 0.3) is 5.69 Å². The van der Waals surface area contributed by atoms with Crippen molar-refractivity contribution in [3.63, 3.8) is 0 Å². The third-order valence-corrected chi connectivity index (χ3v) is 2.33. The number of benzene rings is 1. The third kappa shape index (κ3) is 2.36. The zero-order valence-electron chi connectivity index (χ0n) is 9.04. The fourth-order valence-corrected chi connectivity index (χ4v) is 1.50. The van der Waals surface area contributed by atoms with E-state index in [9.17, 15) is 10.1 Å². The van der Waals surface area contributed by atoms with E-state index in [0.29, 0.717) is 5.69 Å². The minimum absolute atomic E-state index is 0.0632. The topological polar surface area (TPSA) is 56.0 Å². The summed E-state index contributed by atoms with van der Waals surface area (Å²) in [4.78, 5) is 14.6. The molecule has 0 saturated carbocycles. The Labute approximate surface area is 98.4 Å². The lowest BCUT2D eigenvalue weighted by Gasteiger charge is -2.01. The quantitative estimate of drug-likeness (QED) is 0.596. The lowest BCUT2D eigenvalue weighted by molar-refractivity contribution is -0.384. The van der Waals surface area contributed by atoms with Gasteiger partial charge < -0.3 is 0 Å². The average molecular weight is 226 g/mol. The maximum absolute atomic E-state index is 10.7. The van der Waals surface area contributed by atoms with Gasteiger partial charge in [0.15, 0.2) is 0 Å². The molecule has 0 N–H and O–H groups in total. The number of non-ortho nitro benzene ring substituents is 1. The van der Waals surface area contributed by atoms with Crippen LogP contribution in [0.3, 0.4) is 0 Å². The van der Waals surface area contributed by atoms with Crippen LogP contribution in [0.2, 0.25) is 0 Å². The van der Waals surface area contributed by atoms with Gasteiger partial charge in [-0.1, -0.05) is 24.8 Å². The predicted octanol–water partition coefficient (Wildman–Crippen LogP) is 3.30. The Bertz CT molecular complexity index is 579. The lowest BCUT2D eigenvalue weighted by Crippen LogP contribution is -1.90. The van der Waals surface area contributed by atoms with Gasteiger partial charge in [-0.05, 0) is 18.2 Å². The van der Waals surface area contributed by atoms with Crippen molar-refractivity contribution >= 4 is 11.8 Å². The Morgan fingerprint density at radius 1 is 1.24 bits per heavy atom. The van der Waals surface area contributed by atoms with Gasteiger partial charge in [-0.3, -0.25) is 10.1 Å². The maximum atomic E-state index is 10.7. The SMILES string of the molecule is C=Cc1cccc(-c2cccc([N+](=O)[O-])c2)n1. The second kappa shape index (κ2) is 4.57. The molecule has 84 valence electrons. The fraction of sp³-hybridized carbons (Fsp3) is 0. The Hall–Kier alpha value is -2.49. The van der Waals surface area contributed by atoms with Crippen LogP contribution in [0.5, 0.6) is 0 Å². The average Bonchev–Trinajstić information content (AvgIpc) is 2.39. The van der Waals surface area contributed by atoms with Crippen LogP contribution in [0.1, 0.15) is 5.69 Å². The van der Waals surface area contributed by atoms with Gasteiger partial charge in [-0.2, -0.15) is 0 Å². The summed E-state index contributed by atoms with van der Waals surface area (Å²) in [5.74, 6) is 0. The van der Waals surface area contributed by atoms with E-state index in [0.717, 1.165) is 11.3 Å². The van der Waals surface area contributed by atoms with Crippen LogP contribution in [-0.4, -0.2) is 9.91 Å². The first-order chi connectivity index (χ1) is 8.20. The molecule has 0 unspecified atom stereocenters. The van der Waals surface area contributed by atoms with Crippen molar-refractivity contribution in [1.82, 2.24) is 4.98 Å². The number of nitro groups is 1. The van der Waals surface area contributed by atoms with E-state index in [2.05, 4.69) is 11.6 Å². The molecule has 1 aromatic carbocycles. The molecule has 0 aliphatic heterocycles. The molecular formula is C13H10N2O2. The van der Waals surface area contributed by atoms with Gasteiger partial charge in [0.1, 0.15) is 0 Å². The van der Waals surface area contributed by atoms with Gasteiger partial charge in [0.2, 0.25) is 0 Å². The summed E-state index contributed by atoms with van der Waals surface area (Å²) in [6.07, 6.45) is 1.64. The molecule has 0 amide bonds. The first-order valence-electron chi connectivity index (χ1n) is 5.05. The number of hydrogen-bond acceptors (Lipinski definition) is 3. The summed E-state index contributed by atoms with van der Waals surface area (Å²) in [5.41, 5.74) is 2.23. The molecule has 2 aromatic rings. The minimum Gasteiger partial charge on any atom is -0.258 e. The summed E-state index contributed by atoms with van der Waals surface area (Å²) in [6.45, 7) is 3.64. The molecule has 0 aliphatic rings. The van der Waals surface area contributed by atoms with Crippen LogP contribution < -0.4 is 0 Å². The summed E-state index contributed by atoms with van der Waals surface area (Å²) in [7, 11) is 0. The highest BCUT2D eigenvalue weighted by Crippen LogP contribution is 2.22. The summed E-state index contributed by atoms with van der Waals surface area (Å²) < 4.78 is 0. The Kier molecular flexibility index (Phi) is 2.96. The Balaban J connectivity index is 2.48. The van der Waals surface area contributed by atoms with Gasteiger partial charge >= 0.3 is 0 Å². The number of aromatic nitrogens is 1. The number of hydrogen-bond donors (Lipinski definition) is 0. The molecule has 0 radical (unpaired) electrons. The zero-order chi connectivity index (χ0) is 12.3. The van der Waals surface area contributed by atoms with E-state index in [1.54, 1.807) is 18.2 Å². The predicted molar refractivity (Wildman–Crippen MR) is 66.4 cm³/mol. The first kappa shape index (κ1) is 11.0. The molecule has 0 atom stereocenters. The van der Waals surface area contributed by atoms with Crippen molar-refractivity contribution < 1.29 is 4.92 Å². The van der Waals surface area contributed by atoms with Crippen LogP contribution in [0.25, 0.3) is 17.3 Å². The number of rotatable bonds is 3. The first-order valence-corrected chi connectivity index (χ1v) is 5.05. The van der Waals surface area contributed by atoms with Crippen LogP contribution in [-0.2, 0) is 0 Å². The molecule has 4 nitrogen and oxygen atoms in total. The minimum atomic E-state index is -0.416. The maximum Gasteiger partial charge on any atom is 0.270 e. The highest BCUT2D eigenvalue weighted by atomic mass is 16.6. The Morgan fingerprint density at radius 3 is 2.71 bits per heavy atom. The van der Waals surface area contributed by atoms with E-state index in [-0.39, 0.29) is 5.69 Å². The monoisotopic (exact) mass is 226 g/mol. The van der Waals surface area contributed by atoms with E-state index < -0.39 is 4.92 Å². The molecule has 17 heavy (non-hydrogen) atoms. The van der Waals surface area contributed by atoms with Crippen molar-refractivity contribution in [3.05, 3.63) is 64.9 Å². The molecule has 0 saturated heterocycles.